The van der Waals surface area contributed by atoms with Gasteiger partial charge in [-0.2, -0.15) is 0 Å². The van der Waals surface area contributed by atoms with Crippen LogP contribution in [-0.4, -0.2) is 16.1 Å². The Morgan fingerprint density at radius 1 is 1.39 bits per heavy atom. The molecule has 2 aromatic rings. The second-order valence-electron chi connectivity index (χ2n) is 4.14. The average molecular weight is 263 g/mol. The first-order chi connectivity index (χ1) is 8.70. The highest BCUT2D eigenvalue weighted by molar-refractivity contribution is 7.11. The van der Waals surface area contributed by atoms with Gasteiger partial charge in [-0.1, -0.05) is 6.07 Å². The Morgan fingerprint density at radius 2 is 2.22 bits per heavy atom. The van der Waals surface area contributed by atoms with Crippen LogP contribution in [0.2, 0.25) is 0 Å². The predicted octanol–water partition coefficient (Wildman–Crippen LogP) is 1.36. The fourth-order valence-electron chi connectivity index (χ4n) is 1.82. The van der Waals surface area contributed by atoms with Crippen molar-refractivity contribution >= 4 is 11.3 Å². The third kappa shape index (κ3) is 3.05. The van der Waals surface area contributed by atoms with Crippen LogP contribution in [0.4, 0.5) is 0 Å². The third-order valence-electron chi connectivity index (χ3n) is 2.77. The molecule has 0 atom stereocenters. The fraction of sp³-hybridized carbons (Fsp3) is 0.385. The first-order valence-electron chi connectivity index (χ1n) is 6.01. The van der Waals surface area contributed by atoms with Crippen molar-refractivity contribution in [2.75, 3.05) is 6.54 Å². The standard InChI is InChI=1S/C13H17N3OS/c1-10-11(5-7-14)18-12(15-10)6-9-16-8-3-2-4-13(16)17/h2-4,8H,5-7,9,14H2,1H3. The van der Waals surface area contributed by atoms with Crippen LogP contribution in [0, 0.1) is 6.92 Å². The lowest BCUT2D eigenvalue weighted by Crippen LogP contribution is -2.18. The minimum absolute atomic E-state index is 0.0351. The number of nitrogens with two attached hydrogens (primary N) is 1. The van der Waals surface area contributed by atoms with E-state index >= 15 is 0 Å². The maximum absolute atomic E-state index is 11.5. The number of aromatic nitrogens is 2. The average Bonchev–Trinajstić information content (AvgIpc) is 2.70. The van der Waals surface area contributed by atoms with Crippen molar-refractivity contribution in [1.82, 2.24) is 9.55 Å². The zero-order valence-corrected chi connectivity index (χ0v) is 11.2. The van der Waals surface area contributed by atoms with Crippen molar-refractivity contribution in [3.63, 3.8) is 0 Å². The van der Waals surface area contributed by atoms with Crippen molar-refractivity contribution in [2.24, 2.45) is 5.73 Å². The summed E-state index contributed by atoms with van der Waals surface area (Å²) >= 11 is 1.70. The molecular weight excluding hydrogens is 246 g/mol. The van der Waals surface area contributed by atoms with Gasteiger partial charge in [-0.15, -0.1) is 11.3 Å². The van der Waals surface area contributed by atoms with Gasteiger partial charge in [0.1, 0.15) is 0 Å². The molecule has 0 aliphatic heterocycles. The van der Waals surface area contributed by atoms with E-state index in [2.05, 4.69) is 4.98 Å². The molecule has 4 nitrogen and oxygen atoms in total. The summed E-state index contributed by atoms with van der Waals surface area (Å²) in [6, 6.07) is 5.20. The third-order valence-corrected chi connectivity index (χ3v) is 4.05. The Balaban J connectivity index is 2.04. The van der Waals surface area contributed by atoms with Crippen LogP contribution in [0.3, 0.4) is 0 Å². The largest absolute Gasteiger partial charge is 0.330 e. The first kappa shape index (κ1) is 13.0. The molecule has 0 aliphatic rings. The van der Waals surface area contributed by atoms with Gasteiger partial charge in [0, 0.05) is 30.1 Å². The molecule has 0 aromatic carbocycles. The first-order valence-corrected chi connectivity index (χ1v) is 6.83. The van der Waals surface area contributed by atoms with E-state index in [4.69, 9.17) is 5.73 Å². The van der Waals surface area contributed by atoms with Crippen LogP contribution in [0.5, 0.6) is 0 Å². The molecule has 0 unspecified atom stereocenters. The smallest absolute Gasteiger partial charge is 0.250 e. The zero-order valence-electron chi connectivity index (χ0n) is 10.4. The zero-order chi connectivity index (χ0) is 13.0. The molecule has 0 radical (unpaired) electrons. The van der Waals surface area contributed by atoms with Crippen molar-refractivity contribution in [2.45, 2.75) is 26.3 Å². The summed E-state index contributed by atoms with van der Waals surface area (Å²) in [7, 11) is 0. The molecule has 0 amide bonds. The van der Waals surface area contributed by atoms with Gasteiger partial charge in [-0.3, -0.25) is 4.79 Å². The van der Waals surface area contributed by atoms with Gasteiger partial charge < -0.3 is 10.3 Å². The van der Waals surface area contributed by atoms with Gasteiger partial charge in [0.05, 0.1) is 10.7 Å². The van der Waals surface area contributed by atoms with Gasteiger partial charge in [-0.05, 0) is 26.0 Å². The number of hydrogen-bond acceptors (Lipinski definition) is 4. The Bertz CT molecular complexity index is 574. The highest BCUT2D eigenvalue weighted by Crippen LogP contribution is 2.18. The maximum Gasteiger partial charge on any atom is 0.250 e. The number of hydrogen-bond donors (Lipinski definition) is 1. The molecule has 2 N–H and O–H groups in total. The van der Waals surface area contributed by atoms with Crippen LogP contribution >= 0.6 is 11.3 Å². The predicted molar refractivity (Wildman–Crippen MR) is 74.0 cm³/mol. The summed E-state index contributed by atoms with van der Waals surface area (Å²) in [5, 5.41) is 1.08. The number of pyridine rings is 1. The number of rotatable bonds is 5. The topological polar surface area (TPSA) is 60.9 Å². The molecule has 0 bridgehead atoms. The van der Waals surface area contributed by atoms with Gasteiger partial charge in [-0.25, -0.2) is 4.98 Å². The summed E-state index contributed by atoms with van der Waals surface area (Å²) < 4.78 is 1.71. The summed E-state index contributed by atoms with van der Waals surface area (Å²) in [4.78, 5) is 17.3. The van der Waals surface area contributed by atoms with Gasteiger partial charge in [0.25, 0.3) is 5.56 Å². The molecule has 0 spiro atoms. The molecule has 0 aliphatic carbocycles. The molecule has 18 heavy (non-hydrogen) atoms. The van der Waals surface area contributed by atoms with E-state index in [1.165, 1.54) is 4.88 Å². The molecule has 0 saturated carbocycles. The van der Waals surface area contributed by atoms with E-state index in [0.29, 0.717) is 13.1 Å². The Hall–Kier alpha value is -1.46. The lowest BCUT2D eigenvalue weighted by molar-refractivity contribution is 0.666. The molecule has 96 valence electrons. The maximum atomic E-state index is 11.5. The number of thiazole rings is 1. The lowest BCUT2D eigenvalue weighted by Gasteiger charge is -2.02. The Kier molecular flexibility index (Phi) is 4.28. The molecule has 2 heterocycles. The van der Waals surface area contributed by atoms with E-state index in [1.807, 2.05) is 19.2 Å². The summed E-state index contributed by atoms with van der Waals surface area (Å²) in [6.45, 7) is 3.34. The van der Waals surface area contributed by atoms with Crippen LogP contribution in [0.15, 0.2) is 29.2 Å². The van der Waals surface area contributed by atoms with Crippen molar-refractivity contribution in [1.29, 1.82) is 0 Å². The van der Waals surface area contributed by atoms with Crippen LogP contribution in [0.25, 0.3) is 0 Å². The Labute approximate surface area is 110 Å². The second kappa shape index (κ2) is 5.93. The van der Waals surface area contributed by atoms with Crippen molar-refractivity contribution in [3.8, 4) is 0 Å². The van der Waals surface area contributed by atoms with E-state index in [0.717, 1.165) is 23.5 Å². The van der Waals surface area contributed by atoms with E-state index in [1.54, 1.807) is 28.0 Å². The molecule has 2 rings (SSSR count). The minimum atomic E-state index is 0.0351. The molecule has 5 heteroatoms. The summed E-state index contributed by atoms with van der Waals surface area (Å²) in [5.74, 6) is 0. The van der Waals surface area contributed by atoms with Gasteiger partial charge >= 0.3 is 0 Å². The SMILES string of the molecule is Cc1nc(CCn2ccccc2=O)sc1CCN. The monoisotopic (exact) mass is 263 g/mol. The van der Waals surface area contributed by atoms with Crippen LogP contribution < -0.4 is 11.3 Å². The molecule has 2 aromatic heterocycles. The van der Waals surface area contributed by atoms with E-state index in [-0.39, 0.29) is 5.56 Å². The second-order valence-corrected chi connectivity index (χ2v) is 5.31. The van der Waals surface area contributed by atoms with Crippen LogP contribution in [0.1, 0.15) is 15.6 Å². The van der Waals surface area contributed by atoms with E-state index in [9.17, 15) is 4.79 Å². The Morgan fingerprint density at radius 3 is 2.94 bits per heavy atom. The highest BCUT2D eigenvalue weighted by atomic mass is 32.1. The molecule has 0 saturated heterocycles. The van der Waals surface area contributed by atoms with Crippen LogP contribution in [-0.2, 0) is 19.4 Å². The molecular formula is C13H17N3OS. The summed E-state index contributed by atoms with van der Waals surface area (Å²) in [6.07, 6.45) is 3.48. The number of nitrogens with zero attached hydrogens (tertiary/aromatic N) is 2. The normalized spacial score (nSPS) is 10.8. The molecule has 0 fully saturated rings. The fourth-order valence-corrected chi connectivity index (χ4v) is 2.89. The quantitative estimate of drug-likeness (QED) is 0.886. The summed E-state index contributed by atoms with van der Waals surface area (Å²) in [5.41, 5.74) is 6.66. The van der Waals surface area contributed by atoms with Crippen molar-refractivity contribution in [3.05, 3.63) is 50.3 Å². The van der Waals surface area contributed by atoms with Gasteiger partial charge in [0.15, 0.2) is 0 Å². The van der Waals surface area contributed by atoms with E-state index < -0.39 is 0 Å². The lowest BCUT2D eigenvalue weighted by atomic mass is 10.3. The van der Waals surface area contributed by atoms with Gasteiger partial charge in [0.2, 0.25) is 0 Å². The number of aryl methyl sites for hydroxylation is 3. The minimum Gasteiger partial charge on any atom is -0.330 e. The highest BCUT2D eigenvalue weighted by Gasteiger charge is 2.07. The van der Waals surface area contributed by atoms with Crippen molar-refractivity contribution < 1.29 is 0 Å².